The van der Waals surface area contributed by atoms with Crippen LogP contribution in [0.4, 0.5) is 17.1 Å². The third-order valence-electron chi connectivity index (χ3n) is 4.12. The number of nitrogens with one attached hydrogen (secondary N) is 2. The zero-order valence-electron chi connectivity index (χ0n) is 15.1. The first-order valence-electron chi connectivity index (χ1n) is 8.20. The van der Waals surface area contributed by atoms with Crippen LogP contribution in [0.15, 0.2) is 59.6 Å². The SMILES string of the molecule is CN(C)c1ccc(N=C2C(=N)N(c3ccccc3)NC2N(C)C)cc1. The van der Waals surface area contributed by atoms with Gasteiger partial charge in [0, 0.05) is 19.8 Å². The summed E-state index contributed by atoms with van der Waals surface area (Å²) in [7, 11) is 7.97. The number of para-hydroxylation sites is 1. The van der Waals surface area contributed by atoms with Crippen molar-refractivity contribution in [3.63, 3.8) is 0 Å². The topological polar surface area (TPSA) is 58.0 Å². The Bertz CT molecular complexity index is 764. The van der Waals surface area contributed by atoms with Crippen molar-refractivity contribution in [3.05, 3.63) is 54.6 Å². The predicted octanol–water partition coefficient (Wildman–Crippen LogP) is 2.71. The maximum absolute atomic E-state index is 8.58. The van der Waals surface area contributed by atoms with Crippen LogP contribution in [-0.2, 0) is 0 Å². The summed E-state index contributed by atoms with van der Waals surface area (Å²) in [6, 6.07) is 17.9. The van der Waals surface area contributed by atoms with Gasteiger partial charge in [-0.1, -0.05) is 18.2 Å². The molecule has 6 heteroatoms. The van der Waals surface area contributed by atoms with E-state index in [9.17, 15) is 0 Å². The summed E-state index contributed by atoms with van der Waals surface area (Å²) in [4.78, 5) is 8.82. The average Bonchev–Trinajstić information content (AvgIpc) is 2.93. The van der Waals surface area contributed by atoms with Gasteiger partial charge < -0.3 is 4.90 Å². The summed E-state index contributed by atoms with van der Waals surface area (Å²) in [6.45, 7) is 0. The van der Waals surface area contributed by atoms with Crippen molar-refractivity contribution in [2.75, 3.05) is 38.1 Å². The number of benzene rings is 2. The Morgan fingerprint density at radius 2 is 1.60 bits per heavy atom. The van der Waals surface area contributed by atoms with Gasteiger partial charge in [-0.05, 0) is 50.5 Å². The van der Waals surface area contributed by atoms with Crippen LogP contribution in [0.25, 0.3) is 0 Å². The molecular formula is C19H24N6. The fourth-order valence-electron chi connectivity index (χ4n) is 2.71. The third-order valence-corrected chi connectivity index (χ3v) is 4.12. The molecule has 1 aliphatic heterocycles. The lowest BCUT2D eigenvalue weighted by atomic mass is 10.2. The molecule has 0 aliphatic carbocycles. The van der Waals surface area contributed by atoms with Crippen LogP contribution in [0.3, 0.4) is 0 Å². The number of hydrogen-bond acceptors (Lipinski definition) is 5. The van der Waals surface area contributed by atoms with Gasteiger partial charge in [0.25, 0.3) is 0 Å². The van der Waals surface area contributed by atoms with Crippen LogP contribution in [0.2, 0.25) is 0 Å². The van der Waals surface area contributed by atoms with Gasteiger partial charge in [0.15, 0.2) is 5.84 Å². The van der Waals surface area contributed by atoms with Crippen molar-refractivity contribution in [1.82, 2.24) is 10.3 Å². The third kappa shape index (κ3) is 3.55. The summed E-state index contributed by atoms with van der Waals surface area (Å²) < 4.78 is 0. The second-order valence-electron chi connectivity index (χ2n) is 6.42. The highest BCUT2D eigenvalue weighted by Gasteiger charge is 2.35. The Morgan fingerprint density at radius 3 is 2.16 bits per heavy atom. The molecule has 1 unspecified atom stereocenters. The van der Waals surface area contributed by atoms with Crippen molar-refractivity contribution >= 4 is 28.6 Å². The minimum atomic E-state index is -0.152. The van der Waals surface area contributed by atoms with E-state index in [0.29, 0.717) is 11.5 Å². The smallest absolute Gasteiger partial charge is 0.165 e. The monoisotopic (exact) mass is 336 g/mol. The highest BCUT2D eigenvalue weighted by atomic mass is 15.6. The summed E-state index contributed by atoms with van der Waals surface area (Å²) >= 11 is 0. The zero-order chi connectivity index (χ0) is 18.0. The zero-order valence-corrected chi connectivity index (χ0v) is 15.1. The minimum Gasteiger partial charge on any atom is -0.378 e. The number of nitrogens with zero attached hydrogens (tertiary/aromatic N) is 4. The Morgan fingerprint density at radius 1 is 0.960 bits per heavy atom. The van der Waals surface area contributed by atoms with Gasteiger partial charge in [-0.15, -0.1) is 0 Å². The van der Waals surface area contributed by atoms with Gasteiger partial charge in [-0.25, -0.2) is 10.4 Å². The van der Waals surface area contributed by atoms with Crippen LogP contribution in [-0.4, -0.2) is 50.8 Å². The van der Waals surface area contributed by atoms with Crippen molar-refractivity contribution in [1.29, 1.82) is 5.41 Å². The van der Waals surface area contributed by atoms with E-state index in [1.165, 1.54) is 0 Å². The Balaban J connectivity index is 1.93. The summed E-state index contributed by atoms with van der Waals surface area (Å²) in [6.07, 6.45) is -0.152. The van der Waals surface area contributed by atoms with E-state index >= 15 is 0 Å². The van der Waals surface area contributed by atoms with Gasteiger partial charge in [0.1, 0.15) is 11.9 Å². The molecule has 1 heterocycles. The molecule has 1 fully saturated rings. The number of hydrogen-bond donors (Lipinski definition) is 2. The van der Waals surface area contributed by atoms with Gasteiger partial charge in [0.2, 0.25) is 0 Å². The summed E-state index contributed by atoms with van der Waals surface area (Å²) in [5.74, 6) is 0.363. The van der Waals surface area contributed by atoms with Crippen molar-refractivity contribution in [3.8, 4) is 0 Å². The van der Waals surface area contributed by atoms with Crippen LogP contribution < -0.4 is 15.3 Å². The number of aliphatic imine (C=N–C) groups is 1. The number of amidine groups is 1. The van der Waals surface area contributed by atoms with E-state index in [-0.39, 0.29) is 6.17 Å². The molecule has 0 amide bonds. The van der Waals surface area contributed by atoms with E-state index < -0.39 is 0 Å². The van der Waals surface area contributed by atoms with Crippen LogP contribution in [0, 0.1) is 5.41 Å². The Labute approximate surface area is 148 Å². The largest absolute Gasteiger partial charge is 0.378 e. The van der Waals surface area contributed by atoms with Crippen LogP contribution in [0.1, 0.15) is 0 Å². The molecule has 3 rings (SSSR count). The summed E-state index contributed by atoms with van der Waals surface area (Å²) in [5.41, 5.74) is 6.94. The number of hydrazine groups is 1. The molecule has 0 bridgehead atoms. The Kier molecular flexibility index (Phi) is 4.83. The fourth-order valence-corrected chi connectivity index (χ4v) is 2.71. The van der Waals surface area contributed by atoms with Crippen LogP contribution >= 0.6 is 0 Å². The van der Waals surface area contributed by atoms with Crippen molar-refractivity contribution < 1.29 is 0 Å². The molecule has 0 saturated carbocycles. The quantitative estimate of drug-likeness (QED) is 0.901. The molecule has 0 radical (unpaired) electrons. The maximum Gasteiger partial charge on any atom is 0.165 e. The first-order valence-corrected chi connectivity index (χ1v) is 8.20. The lowest BCUT2D eigenvalue weighted by molar-refractivity contribution is 0.328. The standard InChI is InChI=1S/C19H24N6/c1-23(2)15-12-10-14(11-13-15)21-17-18(20)25(22-19(17)24(3)4)16-8-6-5-7-9-16/h5-13,19-20,22H,1-4H3. The average molecular weight is 336 g/mol. The van der Waals surface area contributed by atoms with Crippen molar-refractivity contribution in [2.45, 2.75) is 6.17 Å². The maximum atomic E-state index is 8.58. The van der Waals surface area contributed by atoms with E-state index in [1.54, 1.807) is 5.01 Å². The summed E-state index contributed by atoms with van der Waals surface area (Å²) in [5, 5.41) is 10.4. The van der Waals surface area contributed by atoms with E-state index in [4.69, 9.17) is 10.4 Å². The molecule has 25 heavy (non-hydrogen) atoms. The van der Waals surface area contributed by atoms with Gasteiger partial charge in [-0.2, -0.15) is 0 Å². The molecule has 0 aromatic heterocycles. The molecule has 2 aromatic rings. The molecular weight excluding hydrogens is 312 g/mol. The second-order valence-corrected chi connectivity index (χ2v) is 6.42. The normalized spacial score (nSPS) is 19.1. The number of rotatable bonds is 4. The van der Waals surface area contributed by atoms with Gasteiger partial charge in [0.05, 0.1) is 11.4 Å². The molecule has 1 aliphatic rings. The molecule has 130 valence electrons. The minimum absolute atomic E-state index is 0.152. The van der Waals surface area contributed by atoms with Crippen LogP contribution in [0.5, 0.6) is 0 Å². The van der Waals surface area contributed by atoms with Gasteiger partial charge >= 0.3 is 0 Å². The molecule has 0 spiro atoms. The molecule has 1 saturated heterocycles. The predicted molar refractivity (Wildman–Crippen MR) is 105 cm³/mol. The van der Waals surface area contributed by atoms with Crippen molar-refractivity contribution in [2.24, 2.45) is 4.99 Å². The second kappa shape index (κ2) is 7.04. The lowest BCUT2D eigenvalue weighted by Gasteiger charge is -2.21. The van der Waals surface area contributed by atoms with Gasteiger partial charge in [-0.3, -0.25) is 15.3 Å². The molecule has 2 N–H and O–H groups in total. The Hall–Kier alpha value is -2.70. The lowest BCUT2D eigenvalue weighted by Crippen LogP contribution is -2.45. The first-order chi connectivity index (χ1) is 12.0. The fraction of sp³-hybridized carbons (Fsp3) is 0.263. The highest BCUT2D eigenvalue weighted by Crippen LogP contribution is 2.23. The van der Waals surface area contributed by atoms with E-state index in [1.807, 2.05) is 87.7 Å². The van der Waals surface area contributed by atoms with E-state index in [2.05, 4.69) is 10.3 Å². The van der Waals surface area contributed by atoms with E-state index in [0.717, 1.165) is 17.1 Å². The highest BCUT2D eigenvalue weighted by molar-refractivity contribution is 6.48. The molecule has 6 nitrogen and oxygen atoms in total. The first kappa shape index (κ1) is 17.1. The molecule has 2 aromatic carbocycles. The molecule has 1 atom stereocenters. The number of anilines is 2.